The maximum atomic E-state index is 12.3. The van der Waals surface area contributed by atoms with Gasteiger partial charge in [0.1, 0.15) is 5.82 Å². The number of carbonyl (C=O) groups is 1. The van der Waals surface area contributed by atoms with E-state index in [1.807, 2.05) is 35.0 Å². The first kappa shape index (κ1) is 20.4. The number of carbonyl (C=O) groups excluding carboxylic acids is 1. The number of nitrogens with one attached hydrogen (secondary N) is 1. The van der Waals surface area contributed by atoms with Crippen LogP contribution in [0.25, 0.3) is 5.69 Å². The van der Waals surface area contributed by atoms with Crippen molar-refractivity contribution in [3.63, 3.8) is 0 Å². The van der Waals surface area contributed by atoms with Crippen LogP contribution in [0.4, 0.5) is 0 Å². The molecule has 1 saturated carbocycles. The molecule has 9 heteroatoms. The molecule has 0 spiro atoms. The lowest BCUT2D eigenvalue weighted by molar-refractivity contribution is -0.119. The topological polar surface area (TPSA) is 93.9 Å². The largest absolute Gasteiger partial charge is 0.352 e. The second-order valence-corrected chi connectivity index (χ2v) is 11.0. The van der Waals surface area contributed by atoms with E-state index in [2.05, 4.69) is 10.4 Å². The molecule has 1 amide bonds. The van der Waals surface area contributed by atoms with Crippen LogP contribution >= 0.6 is 11.8 Å². The lowest BCUT2D eigenvalue weighted by Crippen LogP contribution is -2.36. The summed E-state index contributed by atoms with van der Waals surface area (Å²) in [5.41, 5.74) is 0.980. The highest BCUT2D eigenvalue weighted by molar-refractivity contribution is 7.99. The Morgan fingerprint density at radius 2 is 1.90 bits per heavy atom. The van der Waals surface area contributed by atoms with E-state index in [0.717, 1.165) is 24.4 Å². The molecule has 1 aromatic heterocycles. The predicted octanol–water partition coefficient (Wildman–Crippen LogP) is 2.71. The number of aromatic nitrogens is 3. The molecular weight excluding hydrogens is 408 g/mol. The third-order valence-electron chi connectivity index (χ3n) is 5.51. The molecule has 0 bridgehead atoms. The van der Waals surface area contributed by atoms with Gasteiger partial charge in [0, 0.05) is 12.0 Å². The molecule has 2 heterocycles. The predicted molar refractivity (Wildman–Crippen MR) is 113 cm³/mol. The molecular formula is C20H26N4O3S2. The van der Waals surface area contributed by atoms with Gasteiger partial charge in [0.25, 0.3) is 0 Å². The molecule has 1 N–H and O–H groups in total. The molecule has 2 fully saturated rings. The fourth-order valence-corrected chi connectivity index (χ4v) is 6.37. The van der Waals surface area contributed by atoms with Gasteiger partial charge in [-0.15, -0.1) is 5.10 Å². The van der Waals surface area contributed by atoms with Gasteiger partial charge in [-0.2, -0.15) is 0 Å². The van der Waals surface area contributed by atoms with Crippen molar-refractivity contribution in [3.05, 3.63) is 36.2 Å². The minimum atomic E-state index is -3.00. The van der Waals surface area contributed by atoms with Crippen LogP contribution in [0.2, 0.25) is 0 Å². The van der Waals surface area contributed by atoms with E-state index in [1.165, 1.54) is 31.0 Å². The van der Waals surface area contributed by atoms with E-state index in [4.69, 9.17) is 4.98 Å². The zero-order chi connectivity index (χ0) is 20.3. The fourth-order valence-electron chi connectivity index (χ4n) is 4.06. The summed E-state index contributed by atoms with van der Waals surface area (Å²) in [6.07, 6.45) is 6.42. The van der Waals surface area contributed by atoms with Crippen molar-refractivity contribution < 1.29 is 13.2 Å². The number of sulfone groups is 1. The van der Waals surface area contributed by atoms with E-state index in [9.17, 15) is 13.2 Å². The maximum Gasteiger partial charge on any atom is 0.230 e. The zero-order valence-electron chi connectivity index (χ0n) is 16.3. The van der Waals surface area contributed by atoms with Crippen molar-refractivity contribution in [1.29, 1.82) is 0 Å². The molecule has 2 aliphatic rings. The van der Waals surface area contributed by atoms with Gasteiger partial charge in [-0.05, 0) is 31.4 Å². The van der Waals surface area contributed by atoms with Crippen molar-refractivity contribution in [1.82, 2.24) is 20.1 Å². The SMILES string of the molecule is O=C(CSc1nc(C2CCCCC2)n(-c2ccccc2)n1)N[C@@H]1CCS(=O)(=O)C1. The number of rotatable bonds is 6. The van der Waals surface area contributed by atoms with E-state index >= 15 is 0 Å². The fraction of sp³-hybridized carbons (Fsp3) is 0.550. The Hall–Kier alpha value is -1.87. The molecule has 7 nitrogen and oxygen atoms in total. The number of amides is 1. The van der Waals surface area contributed by atoms with Crippen LogP contribution in [-0.2, 0) is 14.6 Å². The van der Waals surface area contributed by atoms with Gasteiger partial charge in [0.2, 0.25) is 11.1 Å². The molecule has 1 atom stereocenters. The van der Waals surface area contributed by atoms with Crippen molar-refractivity contribution in [3.8, 4) is 5.69 Å². The lowest BCUT2D eigenvalue weighted by atomic mass is 9.88. The van der Waals surface area contributed by atoms with Gasteiger partial charge < -0.3 is 5.32 Å². The Morgan fingerprint density at radius 1 is 1.14 bits per heavy atom. The van der Waals surface area contributed by atoms with Gasteiger partial charge in [-0.3, -0.25) is 4.79 Å². The summed E-state index contributed by atoms with van der Waals surface area (Å²) in [4.78, 5) is 17.0. The number of hydrogen-bond donors (Lipinski definition) is 1. The number of thioether (sulfide) groups is 1. The first-order valence-electron chi connectivity index (χ1n) is 10.2. The molecule has 1 saturated heterocycles. The molecule has 1 aromatic carbocycles. The summed E-state index contributed by atoms with van der Waals surface area (Å²) >= 11 is 1.30. The highest BCUT2D eigenvalue weighted by Gasteiger charge is 2.29. The standard InChI is InChI=1S/C20H26N4O3S2/c25-18(21-16-11-12-29(26,27)14-16)13-28-20-22-19(15-7-3-1-4-8-15)24(23-20)17-9-5-2-6-10-17/h2,5-6,9-10,15-16H,1,3-4,7-8,11-14H2,(H,21,25)/t16-/m1/s1. The summed E-state index contributed by atoms with van der Waals surface area (Å²) in [6.45, 7) is 0. The number of hydrogen-bond acceptors (Lipinski definition) is 6. The van der Waals surface area contributed by atoms with Gasteiger partial charge in [-0.25, -0.2) is 18.1 Å². The van der Waals surface area contributed by atoms with Crippen molar-refractivity contribution in [2.45, 2.75) is 55.6 Å². The van der Waals surface area contributed by atoms with Crippen molar-refractivity contribution in [2.75, 3.05) is 17.3 Å². The maximum absolute atomic E-state index is 12.3. The quantitative estimate of drug-likeness (QED) is 0.703. The van der Waals surface area contributed by atoms with Crippen LogP contribution in [0.1, 0.15) is 50.3 Å². The Labute approximate surface area is 175 Å². The van der Waals surface area contributed by atoms with Crippen LogP contribution in [0.15, 0.2) is 35.5 Å². The van der Waals surface area contributed by atoms with Gasteiger partial charge >= 0.3 is 0 Å². The number of benzene rings is 1. The van der Waals surface area contributed by atoms with Crippen LogP contribution in [0.3, 0.4) is 0 Å². The summed E-state index contributed by atoms with van der Waals surface area (Å²) < 4.78 is 25.0. The Kier molecular flexibility index (Phi) is 6.24. The number of para-hydroxylation sites is 1. The first-order chi connectivity index (χ1) is 14.0. The normalized spacial score (nSPS) is 21.9. The summed E-state index contributed by atoms with van der Waals surface area (Å²) in [7, 11) is -3.00. The lowest BCUT2D eigenvalue weighted by Gasteiger charge is -2.21. The summed E-state index contributed by atoms with van der Waals surface area (Å²) in [5, 5.41) is 8.08. The van der Waals surface area contributed by atoms with Gasteiger partial charge in [0.05, 0.1) is 22.9 Å². The molecule has 1 aliphatic heterocycles. The van der Waals surface area contributed by atoms with Crippen LogP contribution < -0.4 is 5.32 Å². The third-order valence-corrected chi connectivity index (χ3v) is 8.12. The van der Waals surface area contributed by atoms with E-state index in [1.54, 1.807) is 0 Å². The van der Waals surface area contributed by atoms with Gasteiger partial charge in [-0.1, -0.05) is 49.2 Å². The minimum absolute atomic E-state index is 0.0378. The van der Waals surface area contributed by atoms with Crippen LogP contribution in [0.5, 0.6) is 0 Å². The highest BCUT2D eigenvalue weighted by Crippen LogP contribution is 2.33. The number of nitrogens with zero attached hydrogens (tertiary/aromatic N) is 3. The molecule has 4 rings (SSSR count). The van der Waals surface area contributed by atoms with Crippen molar-refractivity contribution >= 4 is 27.5 Å². The van der Waals surface area contributed by atoms with E-state index in [-0.39, 0.29) is 29.2 Å². The second kappa shape index (κ2) is 8.87. The summed E-state index contributed by atoms with van der Waals surface area (Å²) in [6, 6.07) is 9.70. The Morgan fingerprint density at radius 3 is 2.59 bits per heavy atom. The van der Waals surface area contributed by atoms with Crippen LogP contribution in [-0.4, -0.2) is 52.4 Å². The monoisotopic (exact) mass is 434 g/mol. The molecule has 0 unspecified atom stereocenters. The third kappa shape index (κ3) is 5.19. The summed E-state index contributed by atoms with van der Waals surface area (Å²) in [5.74, 6) is 1.56. The van der Waals surface area contributed by atoms with E-state index < -0.39 is 9.84 Å². The highest BCUT2D eigenvalue weighted by atomic mass is 32.2. The Bertz CT molecular complexity index is 953. The molecule has 156 valence electrons. The molecule has 29 heavy (non-hydrogen) atoms. The van der Waals surface area contributed by atoms with E-state index in [0.29, 0.717) is 17.5 Å². The zero-order valence-corrected chi connectivity index (χ0v) is 17.9. The molecule has 2 aromatic rings. The Balaban J connectivity index is 1.45. The average Bonchev–Trinajstić information content (AvgIpc) is 3.31. The second-order valence-electron chi connectivity index (χ2n) is 7.79. The van der Waals surface area contributed by atoms with Gasteiger partial charge in [0.15, 0.2) is 9.84 Å². The average molecular weight is 435 g/mol. The van der Waals surface area contributed by atoms with Crippen molar-refractivity contribution in [2.24, 2.45) is 0 Å². The smallest absolute Gasteiger partial charge is 0.230 e. The minimum Gasteiger partial charge on any atom is -0.352 e. The molecule has 0 radical (unpaired) electrons. The first-order valence-corrected chi connectivity index (χ1v) is 13.0. The van der Waals surface area contributed by atoms with Crippen LogP contribution in [0, 0.1) is 0 Å². The molecule has 1 aliphatic carbocycles.